The Bertz CT molecular complexity index is 631. The average molecular weight is 312 g/mol. The van der Waals surface area contributed by atoms with E-state index in [0.717, 1.165) is 12.1 Å². The first-order chi connectivity index (χ1) is 9.53. The van der Waals surface area contributed by atoms with Crippen LogP contribution in [0.4, 0.5) is 5.69 Å². The van der Waals surface area contributed by atoms with Crippen LogP contribution in [0.3, 0.4) is 0 Å². The standard InChI is InChI=1S/C14H14ClNO5/c1-8(13(18)21-14(2,3)4)12(17)10-7-9(16(19)20)5-6-11(10)15/h5-7H,1H2,2-4H3. The molecule has 0 aliphatic heterocycles. The predicted molar refractivity (Wildman–Crippen MR) is 77.4 cm³/mol. The van der Waals surface area contributed by atoms with Crippen LogP contribution in [0.1, 0.15) is 31.1 Å². The maximum absolute atomic E-state index is 12.2. The van der Waals surface area contributed by atoms with Crippen molar-refractivity contribution < 1.29 is 19.2 Å². The Balaban J connectivity index is 3.08. The molecule has 112 valence electrons. The molecule has 0 spiro atoms. The smallest absolute Gasteiger partial charge is 0.342 e. The summed E-state index contributed by atoms with van der Waals surface area (Å²) in [6.45, 7) is 8.30. The van der Waals surface area contributed by atoms with Crippen molar-refractivity contribution in [1.82, 2.24) is 0 Å². The molecule has 1 aromatic carbocycles. The lowest BCUT2D eigenvalue weighted by Gasteiger charge is -2.19. The number of hydrogen-bond acceptors (Lipinski definition) is 5. The Morgan fingerprint density at radius 2 is 1.90 bits per heavy atom. The van der Waals surface area contributed by atoms with E-state index in [1.807, 2.05) is 0 Å². The first-order valence-electron chi connectivity index (χ1n) is 5.94. The molecule has 0 amide bonds. The minimum Gasteiger partial charge on any atom is -0.456 e. The molecule has 0 unspecified atom stereocenters. The van der Waals surface area contributed by atoms with Gasteiger partial charge in [-0.15, -0.1) is 0 Å². The summed E-state index contributed by atoms with van der Waals surface area (Å²) in [5.41, 5.74) is -1.69. The third-order valence-corrected chi connectivity index (χ3v) is 2.65. The van der Waals surface area contributed by atoms with Crippen molar-refractivity contribution in [2.24, 2.45) is 0 Å². The molecule has 21 heavy (non-hydrogen) atoms. The summed E-state index contributed by atoms with van der Waals surface area (Å²) in [5, 5.41) is 10.7. The van der Waals surface area contributed by atoms with Gasteiger partial charge >= 0.3 is 5.97 Å². The first-order valence-corrected chi connectivity index (χ1v) is 6.31. The van der Waals surface area contributed by atoms with Crippen molar-refractivity contribution >= 4 is 29.0 Å². The van der Waals surface area contributed by atoms with Crippen molar-refractivity contribution in [2.45, 2.75) is 26.4 Å². The summed E-state index contributed by atoms with van der Waals surface area (Å²) in [6, 6.07) is 3.38. The summed E-state index contributed by atoms with van der Waals surface area (Å²) in [4.78, 5) is 34.0. The van der Waals surface area contributed by atoms with Crippen molar-refractivity contribution in [2.75, 3.05) is 0 Å². The second-order valence-corrected chi connectivity index (χ2v) is 5.64. The second kappa shape index (κ2) is 6.05. The number of carbonyl (C=O) groups excluding carboxylic acids is 2. The minimum atomic E-state index is -0.893. The molecule has 0 aliphatic carbocycles. The topological polar surface area (TPSA) is 86.5 Å². The SMILES string of the molecule is C=C(C(=O)OC(C)(C)C)C(=O)c1cc([N+](=O)[O-])ccc1Cl. The van der Waals surface area contributed by atoms with Crippen LogP contribution in [0.5, 0.6) is 0 Å². The van der Waals surface area contributed by atoms with Crippen LogP contribution in [-0.2, 0) is 9.53 Å². The molecule has 6 nitrogen and oxygen atoms in total. The zero-order chi connectivity index (χ0) is 16.4. The van der Waals surface area contributed by atoms with E-state index < -0.39 is 27.9 Å². The number of nitrogens with zero attached hydrogens (tertiary/aromatic N) is 1. The highest BCUT2D eigenvalue weighted by Crippen LogP contribution is 2.25. The molecule has 0 saturated carbocycles. The predicted octanol–water partition coefficient (Wildman–Crippen LogP) is 3.33. The highest BCUT2D eigenvalue weighted by molar-refractivity contribution is 6.37. The van der Waals surface area contributed by atoms with E-state index in [9.17, 15) is 19.7 Å². The second-order valence-electron chi connectivity index (χ2n) is 5.23. The summed E-state index contributed by atoms with van der Waals surface area (Å²) in [7, 11) is 0. The van der Waals surface area contributed by atoms with Crippen molar-refractivity contribution in [3.05, 3.63) is 51.1 Å². The number of ketones is 1. The fourth-order valence-corrected chi connectivity index (χ4v) is 1.60. The lowest BCUT2D eigenvalue weighted by Crippen LogP contribution is -2.27. The van der Waals surface area contributed by atoms with Crippen LogP contribution in [0.25, 0.3) is 0 Å². The van der Waals surface area contributed by atoms with E-state index in [4.69, 9.17) is 16.3 Å². The molecular weight excluding hydrogens is 298 g/mol. The monoisotopic (exact) mass is 311 g/mol. The number of nitro benzene ring substituents is 1. The summed E-state index contributed by atoms with van der Waals surface area (Å²) >= 11 is 5.84. The molecule has 0 N–H and O–H groups in total. The van der Waals surface area contributed by atoms with Crippen LogP contribution in [0.15, 0.2) is 30.4 Å². The number of nitro groups is 1. The molecule has 0 radical (unpaired) electrons. The van der Waals surface area contributed by atoms with Crippen LogP contribution >= 0.6 is 11.6 Å². The van der Waals surface area contributed by atoms with Gasteiger partial charge in [0.05, 0.1) is 9.95 Å². The number of carbonyl (C=O) groups is 2. The maximum atomic E-state index is 12.2. The molecule has 0 aromatic heterocycles. The van der Waals surface area contributed by atoms with Gasteiger partial charge < -0.3 is 4.74 Å². The van der Waals surface area contributed by atoms with Gasteiger partial charge in [0.1, 0.15) is 11.2 Å². The van der Waals surface area contributed by atoms with Crippen LogP contribution in [0, 0.1) is 10.1 Å². The molecule has 0 atom stereocenters. The molecular formula is C14H14ClNO5. The quantitative estimate of drug-likeness (QED) is 0.162. The summed E-state index contributed by atoms with van der Waals surface area (Å²) in [6.07, 6.45) is 0. The number of ether oxygens (including phenoxy) is 1. The number of rotatable bonds is 4. The number of esters is 1. The van der Waals surface area contributed by atoms with Gasteiger partial charge in [0.15, 0.2) is 0 Å². The molecule has 0 heterocycles. The van der Waals surface area contributed by atoms with Gasteiger partial charge in [0, 0.05) is 17.7 Å². The lowest BCUT2D eigenvalue weighted by atomic mass is 10.0. The number of hydrogen-bond donors (Lipinski definition) is 0. The third kappa shape index (κ3) is 4.39. The van der Waals surface area contributed by atoms with Crippen LogP contribution in [-0.4, -0.2) is 22.3 Å². The molecule has 0 fully saturated rings. The van der Waals surface area contributed by atoms with Gasteiger partial charge in [-0.05, 0) is 26.8 Å². The van der Waals surface area contributed by atoms with Crippen molar-refractivity contribution in [1.29, 1.82) is 0 Å². The fraction of sp³-hybridized carbons (Fsp3) is 0.286. The maximum Gasteiger partial charge on any atom is 0.342 e. The Morgan fingerprint density at radius 3 is 2.38 bits per heavy atom. The minimum absolute atomic E-state index is 0.00434. The first kappa shape index (κ1) is 16.8. The fourth-order valence-electron chi connectivity index (χ4n) is 1.40. The Labute approximate surface area is 126 Å². The number of benzene rings is 1. The van der Waals surface area contributed by atoms with Gasteiger partial charge in [0.25, 0.3) is 5.69 Å². The molecule has 1 aromatic rings. The van der Waals surface area contributed by atoms with Crippen molar-refractivity contribution in [3.63, 3.8) is 0 Å². The van der Waals surface area contributed by atoms with Crippen LogP contribution < -0.4 is 0 Å². The molecule has 1 rings (SSSR count). The largest absolute Gasteiger partial charge is 0.456 e. The van der Waals surface area contributed by atoms with E-state index >= 15 is 0 Å². The molecule has 0 saturated heterocycles. The van der Waals surface area contributed by atoms with Crippen LogP contribution in [0.2, 0.25) is 5.02 Å². The van der Waals surface area contributed by atoms with E-state index in [0.29, 0.717) is 0 Å². The Hall–Kier alpha value is -2.21. The zero-order valence-corrected chi connectivity index (χ0v) is 12.6. The normalized spacial score (nSPS) is 10.9. The van der Waals surface area contributed by atoms with Gasteiger partial charge in [-0.3, -0.25) is 14.9 Å². The molecule has 0 aliphatic rings. The highest BCUT2D eigenvalue weighted by Gasteiger charge is 2.26. The highest BCUT2D eigenvalue weighted by atomic mass is 35.5. The van der Waals surface area contributed by atoms with E-state index in [1.165, 1.54) is 6.07 Å². The van der Waals surface area contributed by atoms with Crippen molar-refractivity contribution in [3.8, 4) is 0 Å². The number of non-ortho nitro benzene ring substituents is 1. The summed E-state index contributed by atoms with van der Waals surface area (Å²) < 4.78 is 5.02. The number of Topliss-reactive ketones (excluding diaryl/α,β-unsaturated/α-hetero) is 1. The van der Waals surface area contributed by atoms with Gasteiger partial charge in [-0.25, -0.2) is 4.79 Å². The summed E-state index contributed by atoms with van der Waals surface area (Å²) in [5.74, 6) is -1.70. The lowest BCUT2D eigenvalue weighted by molar-refractivity contribution is -0.384. The van der Waals surface area contributed by atoms with Gasteiger partial charge in [-0.1, -0.05) is 18.2 Å². The molecule has 7 heteroatoms. The van der Waals surface area contributed by atoms with E-state index in [2.05, 4.69) is 6.58 Å². The number of halogens is 1. The van der Waals surface area contributed by atoms with E-state index in [1.54, 1.807) is 20.8 Å². The van der Waals surface area contributed by atoms with Gasteiger partial charge in [0.2, 0.25) is 5.78 Å². The van der Waals surface area contributed by atoms with E-state index in [-0.39, 0.29) is 16.3 Å². The average Bonchev–Trinajstić information content (AvgIpc) is 2.35. The zero-order valence-electron chi connectivity index (χ0n) is 11.8. The third-order valence-electron chi connectivity index (χ3n) is 2.32. The van der Waals surface area contributed by atoms with Gasteiger partial charge in [-0.2, -0.15) is 0 Å². The molecule has 0 bridgehead atoms. The Morgan fingerprint density at radius 1 is 1.33 bits per heavy atom. The Kier molecular flexibility index (Phi) is 4.85.